The van der Waals surface area contributed by atoms with Crippen LogP contribution in [0.1, 0.15) is 6.92 Å². The van der Waals surface area contributed by atoms with Crippen LogP contribution in [0.5, 0.6) is 0 Å². The maximum absolute atomic E-state index is 9.00. The first kappa shape index (κ1) is 29.5. The van der Waals surface area contributed by atoms with Gasteiger partial charge in [-0.2, -0.15) is 8.42 Å². The van der Waals surface area contributed by atoms with E-state index < -0.39 is 16.4 Å². The van der Waals surface area contributed by atoms with Crippen LogP contribution >= 0.6 is 0 Å². The topological polar surface area (TPSA) is 112 Å². The van der Waals surface area contributed by atoms with E-state index in [2.05, 4.69) is 0 Å². The monoisotopic (exact) mass is 264 g/mol. The Morgan fingerprint density at radius 2 is 1.17 bits per heavy atom. The van der Waals surface area contributed by atoms with Crippen molar-refractivity contribution in [2.45, 2.75) is 6.92 Å². The first-order chi connectivity index (χ1) is 3.73. The summed E-state index contributed by atoms with van der Waals surface area (Å²) < 4.78 is 31.6. The van der Waals surface area contributed by atoms with Gasteiger partial charge in [-0.1, -0.05) is 0 Å². The molecule has 0 amide bonds. The summed E-state index contributed by atoms with van der Waals surface area (Å²) >= 11 is 0. The normalized spacial score (nSPS) is 6.92. The molecule has 0 fully saturated rings. The molecule has 0 atom stereocenters. The summed E-state index contributed by atoms with van der Waals surface area (Å²) in [4.78, 5) is 9.00. The number of aliphatic carboxylic acids is 1. The van der Waals surface area contributed by atoms with Gasteiger partial charge in [0.2, 0.25) is 0 Å². The summed E-state index contributed by atoms with van der Waals surface area (Å²) in [5.41, 5.74) is 0. The molecule has 0 aliphatic heterocycles. The molecule has 0 unspecified atom stereocenters. The molecule has 3 N–H and O–H groups in total. The van der Waals surface area contributed by atoms with E-state index in [9.17, 15) is 0 Å². The summed E-state index contributed by atoms with van der Waals surface area (Å²) in [5, 5.41) is 7.42. The van der Waals surface area contributed by atoms with Crippen LogP contribution in [0.4, 0.5) is 0 Å². The zero-order chi connectivity index (χ0) is 8.08. The molecule has 0 heterocycles. The fourth-order valence-electron chi connectivity index (χ4n) is 0. The predicted octanol–water partition coefficient (Wildman–Crippen LogP) is -2.78. The Bertz CT molecular complexity index is 166. The summed E-state index contributed by atoms with van der Waals surface area (Å²) in [6.45, 7) is 1.08. The molecule has 0 radical (unpaired) electrons. The van der Waals surface area contributed by atoms with Gasteiger partial charge in [-0.3, -0.25) is 13.9 Å². The molecule has 0 aromatic carbocycles. The van der Waals surface area contributed by atoms with E-state index >= 15 is 0 Å². The van der Waals surface area contributed by atoms with Crippen LogP contribution in [0.15, 0.2) is 0 Å². The van der Waals surface area contributed by atoms with Gasteiger partial charge >= 0.3 is 136 Å². The van der Waals surface area contributed by atoms with Gasteiger partial charge in [0.1, 0.15) is 0 Å². The van der Waals surface area contributed by atoms with Crippen molar-refractivity contribution < 1.29 is 27.4 Å². The second-order valence-electron chi connectivity index (χ2n) is 0.967. The molecule has 0 aromatic heterocycles. The van der Waals surface area contributed by atoms with E-state index in [4.69, 9.17) is 27.4 Å². The number of hydrogen-bond donors (Lipinski definition) is 3. The molecule has 0 saturated heterocycles. The van der Waals surface area contributed by atoms with Crippen LogP contribution in [-0.4, -0.2) is 154 Å². The standard InChI is InChI=1S/C2H4O2.2K.Mg.H2O4S.4H/c1-2(3)4;;;;1-5(2,3)4;;;;/h1H3,(H,3,4);;;;(H2,1,2,3,4);;;;. The van der Waals surface area contributed by atoms with Gasteiger partial charge in [-0.25, -0.2) is 0 Å². The maximum Gasteiger partial charge on any atom is 0.316 e. The summed E-state index contributed by atoms with van der Waals surface area (Å²) in [6, 6.07) is 0. The van der Waals surface area contributed by atoms with Crippen molar-refractivity contribution in [2.75, 3.05) is 0 Å². The molecule has 0 aliphatic rings. The van der Waals surface area contributed by atoms with E-state index in [1.54, 1.807) is 0 Å². The molecular weight excluding hydrogens is 255 g/mol. The molecule has 0 spiro atoms. The average molecular weight is 265 g/mol. The SMILES string of the molecule is CC(=O)O.O=S(=O)(O)O.[KH].[KH].[MgH2]. The second kappa shape index (κ2) is 16.8. The second-order valence-corrected chi connectivity index (χ2v) is 1.86. The Hall–Kier alpha value is 3.38. The molecule has 10 heteroatoms. The van der Waals surface area contributed by atoms with Crippen molar-refractivity contribution in [1.82, 2.24) is 0 Å². The van der Waals surface area contributed by atoms with Gasteiger partial charge in [-0.05, 0) is 0 Å². The third-order valence-electron chi connectivity index (χ3n) is 0. The van der Waals surface area contributed by atoms with Crippen molar-refractivity contribution in [1.29, 1.82) is 0 Å². The number of carboxylic acids is 1. The smallest absolute Gasteiger partial charge is 0.316 e. The summed E-state index contributed by atoms with van der Waals surface area (Å²) in [5.74, 6) is -0.833. The fraction of sp³-hybridized carbons (Fsp3) is 0.500. The van der Waals surface area contributed by atoms with E-state index in [0.29, 0.717) is 0 Å². The Morgan fingerprint density at radius 1 is 1.17 bits per heavy atom. The number of carbonyl (C=O) groups is 1. The van der Waals surface area contributed by atoms with Gasteiger partial charge in [0.05, 0.1) is 0 Å². The predicted molar refractivity (Wildman–Crippen MR) is 50.3 cm³/mol. The van der Waals surface area contributed by atoms with Crippen LogP contribution in [0.25, 0.3) is 0 Å². The van der Waals surface area contributed by atoms with E-state index in [1.165, 1.54) is 0 Å². The molecule has 0 rings (SSSR count). The van der Waals surface area contributed by atoms with Crippen LogP contribution in [0.3, 0.4) is 0 Å². The third-order valence-corrected chi connectivity index (χ3v) is 0. The Morgan fingerprint density at radius 3 is 1.17 bits per heavy atom. The largest absolute Gasteiger partial charge is 0.316 e. The molecule has 0 aliphatic carbocycles. The third kappa shape index (κ3) is 180. The van der Waals surface area contributed by atoms with Crippen molar-refractivity contribution >= 4 is 142 Å². The summed E-state index contributed by atoms with van der Waals surface area (Å²) in [7, 11) is -4.67. The molecule has 12 heavy (non-hydrogen) atoms. The van der Waals surface area contributed by atoms with E-state index in [-0.39, 0.29) is 126 Å². The van der Waals surface area contributed by atoms with Gasteiger partial charge < -0.3 is 5.11 Å². The van der Waals surface area contributed by atoms with Gasteiger partial charge in [0, 0.05) is 6.92 Å². The number of carboxylic acid groups (broad SMARTS) is 1. The van der Waals surface area contributed by atoms with Crippen LogP contribution in [0, 0.1) is 0 Å². The number of rotatable bonds is 0. The van der Waals surface area contributed by atoms with Crippen LogP contribution < -0.4 is 0 Å². The van der Waals surface area contributed by atoms with Gasteiger partial charge in [0.25, 0.3) is 5.97 Å². The minimum atomic E-state index is -4.67. The number of hydrogen-bond acceptors (Lipinski definition) is 3. The fourth-order valence-corrected chi connectivity index (χ4v) is 0. The van der Waals surface area contributed by atoms with Gasteiger partial charge in [0.15, 0.2) is 0 Å². The maximum atomic E-state index is 9.00. The zero-order valence-electron chi connectivity index (χ0n) is 4.47. The van der Waals surface area contributed by atoms with Crippen molar-refractivity contribution in [2.24, 2.45) is 0 Å². The molecular formula is C2H10K2MgO6S. The quantitative estimate of drug-likeness (QED) is 0.322. The van der Waals surface area contributed by atoms with Crippen LogP contribution in [-0.2, 0) is 15.2 Å². The first-order valence-corrected chi connectivity index (χ1v) is 3.02. The average Bonchev–Trinajstić information content (AvgIpc) is 1.19. The Balaban J connectivity index is -0.0000000221. The summed E-state index contributed by atoms with van der Waals surface area (Å²) in [6.07, 6.45) is 0. The zero-order valence-corrected chi connectivity index (χ0v) is 5.29. The first-order valence-electron chi connectivity index (χ1n) is 1.63. The molecule has 0 saturated carbocycles. The van der Waals surface area contributed by atoms with E-state index in [1.807, 2.05) is 0 Å². The van der Waals surface area contributed by atoms with Crippen molar-refractivity contribution in [3.05, 3.63) is 0 Å². The van der Waals surface area contributed by atoms with Crippen molar-refractivity contribution in [3.8, 4) is 0 Å². The molecule has 0 aromatic rings. The Kier molecular flexibility index (Phi) is 41.3. The van der Waals surface area contributed by atoms with Crippen LogP contribution in [0.2, 0.25) is 0 Å². The molecule has 64 valence electrons. The Labute approximate surface area is 172 Å². The van der Waals surface area contributed by atoms with Gasteiger partial charge in [-0.15, -0.1) is 0 Å². The van der Waals surface area contributed by atoms with E-state index in [0.717, 1.165) is 6.92 Å². The minimum absolute atomic E-state index is 0. The molecule has 0 bridgehead atoms. The van der Waals surface area contributed by atoms with Crippen molar-refractivity contribution in [3.63, 3.8) is 0 Å². The molecule has 6 nitrogen and oxygen atoms in total. The minimum Gasteiger partial charge on any atom is 0.316 e.